The van der Waals surface area contributed by atoms with Crippen LogP contribution < -0.4 is 18.9 Å². The van der Waals surface area contributed by atoms with Crippen molar-refractivity contribution in [3.63, 3.8) is 0 Å². The fraction of sp³-hybridized carbons (Fsp3) is 0.450. The molecule has 0 saturated carbocycles. The van der Waals surface area contributed by atoms with E-state index in [9.17, 15) is 9.90 Å². The molecule has 0 aromatic heterocycles. The maximum Gasteiger partial charge on any atom is 0.411 e. The van der Waals surface area contributed by atoms with E-state index in [0.29, 0.717) is 51.9 Å². The maximum absolute atomic E-state index is 15.2. The molecule has 1 fully saturated rings. The number of rotatable bonds is 11. The van der Waals surface area contributed by atoms with Crippen LogP contribution in [0.15, 0.2) is 55.1 Å². The molecule has 3 aliphatic heterocycles. The smallest absolute Gasteiger partial charge is 0.411 e. The van der Waals surface area contributed by atoms with Gasteiger partial charge in [-0.3, -0.25) is 9.69 Å². The molecule has 3 heterocycles. The lowest BCUT2D eigenvalue weighted by Crippen LogP contribution is -2.67. The van der Waals surface area contributed by atoms with Crippen LogP contribution in [0.25, 0.3) is 0 Å². The minimum absolute atomic E-state index is 0.00446. The molecular weight excluding hydrogens is 668 g/mol. The first-order valence-electron chi connectivity index (χ1n) is 17.4. The molecule has 278 valence electrons. The van der Waals surface area contributed by atoms with E-state index in [1.54, 1.807) is 44.9 Å². The van der Waals surface area contributed by atoms with E-state index in [1.165, 1.54) is 12.0 Å². The molecule has 3 aromatic carbocycles. The van der Waals surface area contributed by atoms with E-state index in [1.807, 2.05) is 50.2 Å². The lowest BCUT2D eigenvalue weighted by molar-refractivity contribution is -0.161. The average molecular weight is 717 g/mol. The van der Waals surface area contributed by atoms with Gasteiger partial charge in [0.1, 0.15) is 30.1 Å². The number of benzene rings is 3. The molecule has 0 bridgehead atoms. The molecule has 12 heteroatoms. The molecule has 1 saturated heterocycles. The van der Waals surface area contributed by atoms with Gasteiger partial charge in [0.15, 0.2) is 23.0 Å². The lowest BCUT2D eigenvalue weighted by atomic mass is 9.80. The molecule has 1 N–H and O–H groups in total. The van der Waals surface area contributed by atoms with E-state index in [-0.39, 0.29) is 44.6 Å². The maximum atomic E-state index is 15.2. The number of carbonyl (C=O) groups is 2. The molecule has 3 aliphatic rings. The third-order valence-electron chi connectivity index (χ3n) is 9.60. The van der Waals surface area contributed by atoms with Crippen molar-refractivity contribution in [3.8, 4) is 28.7 Å². The standard InChI is InChI=1S/C40H48N2O10/c1-9-15-49-34-24(3)35-37(51-22-50-35)31-29(21-48-20-25-13-11-10-12-14-25)42-28(36(47-8)32(31)34)19-41(39(45)52-40(4,5)6)27(38(42)44)17-26-16-23(2)33(46-7)30(43)18-26/h9-14,16,18,27-29,36,43H,1,15,17,19-22H2,2-8H3/t27-,28?,29-,36?/m0/s1. The second-order valence-electron chi connectivity index (χ2n) is 14.2. The first-order valence-corrected chi connectivity index (χ1v) is 17.4. The van der Waals surface area contributed by atoms with Crippen molar-refractivity contribution in [1.29, 1.82) is 0 Å². The monoisotopic (exact) mass is 716 g/mol. The number of carbonyl (C=O) groups excluding carboxylic acids is 2. The van der Waals surface area contributed by atoms with Crippen LogP contribution in [0, 0.1) is 13.8 Å². The number of aryl methyl sites for hydroxylation is 1. The summed E-state index contributed by atoms with van der Waals surface area (Å²) < 4.78 is 42.4. The molecule has 3 aromatic rings. The Morgan fingerprint density at radius 1 is 1.02 bits per heavy atom. The van der Waals surface area contributed by atoms with Gasteiger partial charge in [-0.15, -0.1) is 0 Å². The van der Waals surface area contributed by atoms with Gasteiger partial charge < -0.3 is 43.2 Å². The van der Waals surface area contributed by atoms with Crippen LogP contribution in [0.5, 0.6) is 28.7 Å². The number of piperazine rings is 1. The molecule has 0 spiro atoms. The number of fused-ring (bicyclic) bond motifs is 4. The number of aromatic hydroxyl groups is 1. The van der Waals surface area contributed by atoms with Crippen LogP contribution in [-0.4, -0.2) is 85.4 Å². The number of ether oxygens (including phenoxy) is 7. The number of amides is 2. The summed E-state index contributed by atoms with van der Waals surface area (Å²) >= 11 is 0. The summed E-state index contributed by atoms with van der Waals surface area (Å²) in [5.41, 5.74) is 3.58. The quantitative estimate of drug-likeness (QED) is 0.225. The van der Waals surface area contributed by atoms with Crippen molar-refractivity contribution in [3.05, 3.63) is 88.5 Å². The van der Waals surface area contributed by atoms with Crippen molar-refractivity contribution in [2.75, 3.05) is 40.8 Å². The Kier molecular flexibility index (Phi) is 10.6. The Hall–Kier alpha value is -4.94. The summed E-state index contributed by atoms with van der Waals surface area (Å²) in [7, 11) is 3.06. The molecule has 4 atom stereocenters. The van der Waals surface area contributed by atoms with Crippen molar-refractivity contribution in [1.82, 2.24) is 9.80 Å². The molecule has 2 amide bonds. The number of methoxy groups -OCH3 is 2. The largest absolute Gasteiger partial charge is 0.504 e. The van der Waals surface area contributed by atoms with Gasteiger partial charge in [0.2, 0.25) is 12.7 Å². The Bertz CT molecular complexity index is 1800. The molecule has 0 aliphatic carbocycles. The average Bonchev–Trinajstić information content (AvgIpc) is 3.59. The van der Waals surface area contributed by atoms with Crippen LogP contribution in [0.1, 0.15) is 66.3 Å². The normalized spacial score (nSPS) is 20.6. The highest BCUT2D eigenvalue weighted by Crippen LogP contribution is 2.57. The second-order valence-corrected chi connectivity index (χ2v) is 14.2. The number of hydrogen-bond acceptors (Lipinski definition) is 10. The Morgan fingerprint density at radius 3 is 2.40 bits per heavy atom. The van der Waals surface area contributed by atoms with Gasteiger partial charge in [0, 0.05) is 36.8 Å². The summed E-state index contributed by atoms with van der Waals surface area (Å²) in [5.74, 6) is 1.52. The van der Waals surface area contributed by atoms with Crippen LogP contribution in [-0.2, 0) is 32.0 Å². The zero-order chi connectivity index (χ0) is 37.3. The van der Waals surface area contributed by atoms with Crippen molar-refractivity contribution in [2.24, 2.45) is 0 Å². The van der Waals surface area contributed by atoms with Crippen molar-refractivity contribution >= 4 is 12.0 Å². The summed E-state index contributed by atoms with van der Waals surface area (Å²) in [4.78, 5) is 32.6. The number of phenols is 1. The van der Waals surface area contributed by atoms with E-state index < -0.39 is 35.9 Å². The number of nitrogens with zero attached hydrogens (tertiary/aromatic N) is 2. The summed E-state index contributed by atoms with van der Waals surface area (Å²) in [5, 5.41) is 10.8. The topological polar surface area (TPSA) is 125 Å². The third kappa shape index (κ3) is 6.97. The minimum Gasteiger partial charge on any atom is -0.504 e. The Labute approximate surface area is 304 Å². The van der Waals surface area contributed by atoms with Crippen molar-refractivity contribution < 1.29 is 47.9 Å². The Morgan fingerprint density at radius 2 is 1.75 bits per heavy atom. The van der Waals surface area contributed by atoms with Crippen LogP contribution >= 0.6 is 0 Å². The zero-order valence-corrected chi connectivity index (χ0v) is 30.9. The van der Waals surface area contributed by atoms with Crippen LogP contribution in [0.4, 0.5) is 4.79 Å². The van der Waals surface area contributed by atoms with Gasteiger partial charge in [0.05, 0.1) is 32.4 Å². The van der Waals surface area contributed by atoms with Gasteiger partial charge in [-0.1, -0.05) is 49.1 Å². The molecule has 12 nitrogen and oxygen atoms in total. The highest BCUT2D eigenvalue weighted by molar-refractivity contribution is 5.89. The van der Waals surface area contributed by atoms with E-state index >= 15 is 4.79 Å². The molecule has 52 heavy (non-hydrogen) atoms. The van der Waals surface area contributed by atoms with Crippen LogP contribution in [0.3, 0.4) is 0 Å². The summed E-state index contributed by atoms with van der Waals surface area (Å²) in [6.45, 7) is 13.6. The molecule has 2 unspecified atom stereocenters. The van der Waals surface area contributed by atoms with Crippen molar-refractivity contribution in [2.45, 2.75) is 77.5 Å². The van der Waals surface area contributed by atoms with E-state index in [0.717, 1.165) is 11.1 Å². The van der Waals surface area contributed by atoms with Gasteiger partial charge in [0.25, 0.3) is 0 Å². The summed E-state index contributed by atoms with van der Waals surface area (Å²) in [6, 6.07) is 10.8. The van der Waals surface area contributed by atoms with Gasteiger partial charge in [-0.05, 0) is 57.4 Å². The highest BCUT2D eigenvalue weighted by Gasteiger charge is 2.55. The van der Waals surface area contributed by atoms with Gasteiger partial charge in [-0.25, -0.2) is 4.79 Å². The first kappa shape index (κ1) is 36.8. The lowest BCUT2D eigenvalue weighted by Gasteiger charge is -2.53. The van der Waals surface area contributed by atoms with Gasteiger partial charge in [-0.2, -0.15) is 0 Å². The predicted octanol–water partition coefficient (Wildman–Crippen LogP) is 6.33. The molecular formula is C40H48N2O10. The fourth-order valence-electron chi connectivity index (χ4n) is 7.55. The predicted molar refractivity (Wildman–Crippen MR) is 192 cm³/mol. The fourth-order valence-corrected chi connectivity index (χ4v) is 7.55. The second kappa shape index (κ2) is 15.0. The van der Waals surface area contributed by atoms with E-state index in [4.69, 9.17) is 33.2 Å². The number of hydrogen-bond donors (Lipinski definition) is 1. The molecule has 0 radical (unpaired) electrons. The first-order chi connectivity index (χ1) is 24.9. The highest BCUT2D eigenvalue weighted by atomic mass is 16.7. The third-order valence-corrected chi connectivity index (χ3v) is 9.60. The summed E-state index contributed by atoms with van der Waals surface area (Å²) in [6.07, 6.45) is 0.380. The zero-order valence-electron chi connectivity index (χ0n) is 30.9. The van der Waals surface area contributed by atoms with Crippen LogP contribution in [0.2, 0.25) is 0 Å². The number of phenolic OH excluding ortho intramolecular Hbond substituents is 1. The van der Waals surface area contributed by atoms with Gasteiger partial charge >= 0.3 is 6.09 Å². The SMILES string of the molecule is C=CCOc1c(C)c2c(c3c1C(OC)C1CN(C(=O)OC(C)(C)C)[C@@H](Cc4cc(C)c(OC)c(O)c4)C(=O)N1[C@H]3COCc1ccccc1)OCO2. The molecule has 6 rings (SSSR count). The minimum atomic E-state index is -0.999. The Balaban J connectivity index is 1.51. The van der Waals surface area contributed by atoms with E-state index in [2.05, 4.69) is 6.58 Å².